The summed E-state index contributed by atoms with van der Waals surface area (Å²) in [5.74, 6) is -0.729. The molecule has 2 atom stereocenters. The van der Waals surface area contributed by atoms with Gasteiger partial charge in [0.1, 0.15) is 13.2 Å². The third-order valence-corrected chi connectivity index (χ3v) is 9.29. The van der Waals surface area contributed by atoms with Crippen LogP contribution in [0, 0.1) is 0 Å². The van der Waals surface area contributed by atoms with Crippen molar-refractivity contribution in [3.05, 3.63) is 0 Å². The third-order valence-electron chi connectivity index (χ3n) is 8.12. The molecular formula is C35H67O7PS. The molecule has 0 aliphatic carbocycles. The molecule has 0 radical (unpaired) electrons. The van der Waals surface area contributed by atoms with Gasteiger partial charge in [-0.25, -0.2) is 0 Å². The van der Waals surface area contributed by atoms with Gasteiger partial charge in [0.05, 0.1) is 0 Å². The standard InChI is InChI=1S/C35H67O7PS/c1-3-5-7-9-11-13-15-17-19-21-23-25-27-29-34(36)40-31-33(32-41-43(38)44-39)42-35(37)30-28-26-24-22-20-18-16-14-12-10-8-6-4-2/h33H,3-32H2,1-2H3/t33-/m1/s1. The van der Waals surface area contributed by atoms with Crippen LogP contribution in [0.15, 0.2) is 0 Å². The van der Waals surface area contributed by atoms with Gasteiger partial charge in [-0.2, -0.15) is 8.73 Å². The van der Waals surface area contributed by atoms with Gasteiger partial charge in [0.15, 0.2) is 6.10 Å². The Kier molecular flexibility index (Phi) is 34.4. The zero-order chi connectivity index (χ0) is 32.4. The molecule has 0 heterocycles. The van der Waals surface area contributed by atoms with Crippen molar-refractivity contribution in [3.63, 3.8) is 0 Å². The monoisotopic (exact) mass is 662 g/mol. The van der Waals surface area contributed by atoms with Gasteiger partial charge >= 0.3 is 29.9 Å². The van der Waals surface area contributed by atoms with Crippen LogP contribution in [0.2, 0.25) is 0 Å². The number of hydrogen-bond donors (Lipinski definition) is 0. The summed E-state index contributed by atoms with van der Waals surface area (Å²) < 4.78 is 26.4. The predicted octanol–water partition coefficient (Wildman–Crippen LogP) is 10.2. The Labute approximate surface area is 275 Å². The fourth-order valence-corrected chi connectivity index (χ4v) is 6.00. The summed E-state index contributed by atoms with van der Waals surface area (Å²) in [5, 5.41) is 0. The molecule has 9 heteroatoms. The highest BCUT2D eigenvalue weighted by atomic mass is 32.5. The van der Waals surface area contributed by atoms with E-state index in [1.165, 1.54) is 128 Å². The fourth-order valence-electron chi connectivity index (χ4n) is 5.36. The molecule has 44 heavy (non-hydrogen) atoms. The van der Waals surface area contributed by atoms with Gasteiger partial charge in [-0.05, 0) is 12.8 Å². The summed E-state index contributed by atoms with van der Waals surface area (Å²) in [5.41, 5.74) is 0. The molecule has 0 spiro atoms. The number of hydrogen-bond acceptors (Lipinski definition) is 7. The minimum absolute atomic E-state index is 0.144. The van der Waals surface area contributed by atoms with Crippen LogP contribution < -0.4 is 4.89 Å². The number of rotatable bonds is 34. The molecule has 0 N–H and O–H groups in total. The van der Waals surface area contributed by atoms with E-state index in [0.29, 0.717) is 6.42 Å². The zero-order valence-electron chi connectivity index (χ0n) is 28.5. The van der Waals surface area contributed by atoms with Crippen LogP contribution in [0.3, 0.4) is 0 Å². The highest BCUT2D eigenvalue weighted by Gasteiger charge is 2.20. The highest BCUT2D eigenvalue weighted by molar-refractivity contribution is 8.03. The molecule has 0 aromatic heterocycles. The van der Waals surface area contributed by atoms with Crippen LogP contribution in [0.4, 0.5) is 0 Å². The van der Waals surface area contributed by atoms with E-state index in [9.17, 15) is 18.7 Å². The van der Waals surface area contributed by atoms with Crippen LogP contribution in [-0.4, -0.2) is 35.5 Å². The van der Waals surface area contributed by atoms with Gasteiger partial charge < -0.3 is 14.4 Å². The molecule has 0 amide bonds. The maximum atomic E-state index is 12.4. The van der Waals surface area contributed by atoms with E-state index in [-0.39, 0.29) is 42.4 Å². The molecule has 0 rings (SSSR count). The minimum Gasteiger partial charge on any atom is -0.590 e. The normalized spacial score (nSPS) is 12.2. The largest absolute Gasteiger partial charge is 0.590 e. The van der Waals surface area contributed by atoms with Gasteiger partial charge in [0, 0.05) is 12.8 Å². The molecule has 0 saturated carbocycles. The third kappa shape index (κ3) is 32.6. The summed E-state index contributed by atoms with van der Waals surface area (Å²) in [7, 11) is -2.58. The van der Waals surface area contributed by atoms with E-state index in [0.717, 1.165) is 38.5 Å². The van der Waals surface area contributed by atoms with E-state index >= 15 is 0 Å². The SMILES string of the molecule is CCCCCCCCCCCCCCCC(=O)OC[C@H](CO[P+]([O-])=S=O)OC(=O)CCCCCCCCCCCCCCC. The van der Waals surface area contributed by atoms with Crippen LogP contribution in [-0.2, 0) is 34.4 Å². The average Bonchev–Trinajstić information content (AvgIpc) is 3.02. The van der Waals surface area contributed by atoms with Crippen molar-refractivity contribution in [1.82, 2.24) is 0 Å². The summed E-state index contributed by atoms with van der Waals surface area (Å²) in [6, 6.07) is 0. The molecule has 260 valence electrons. The van der Waals surface area contributed by atoms with Crippen molar-refractivity contribution >= 4 is 29.9 Å². The van der Waals surface area contributed by atoms with E-state index in [4.69, 9.17) is 14.0 Å². The Morgan fingerprint density at radius 3 is 1.25 bits per heavy atom. The second kappa shape index (κ2) is 35.0. The first-order chi connectivity index (χ1) is 21.5. The number of carbonyl (C=O) groups is 2. The smallest absolute Gasteiger partial charge is 0.337 e. The second-order valence-corrected chi connectivity index (χ2v) is 14.6. The fraction of sp³-hybridized carbons (Fsp3) is 0.943. The molecule has 0 saturated heterocycles. The summed E-state index contributed by atoms with van der Waals surface area (Å²) in [6.07, 6.45) is 31.8. The first-order valence-corrected chi connectivity index (χ1v) is 20.8. The molecule has 0 aromatic rings. The molecule has 1 unspecified atom stereocenters. The van der Waals surface area contributed by atoms with E-state index in [1.54, 1.807) is 0 Å². The Morgan fingerprint density at radius 2 is 0.886 bits per heavy atom. The average molecular weight is 663 g/mol. The van der Waals surface area contributed by atoms with Crippen LogP contribution in [0.25, 0.3) is 0 Å². The van der Waals surface area contributed by atoms with Crippen molar-refractivity contribution in [3.8, 4) is 0 Å². The van der Waals surface area contributed by atoms with Gasteiger partial charge in [0.2, 0.25) is 0 Å². The number of ether oxygens (including phenoxy) is 2. The summed E-state index contributed by atoms with van der Waals surface area (Å²) in [6.45, 7) is 4.11. The lowest BCUT2D eigenvalue weighted by atomic mass is 10.0. The molecule has 0 fully saturated rings. The molecular weight excluding hydrogens is 595 g/mol. The Bertz CT molecular complexity index is 715. The second-order valence-electron chi connectivity index (χ2n) is 12.4. The van der Waals surface area contributed by atoms with Crippen LogP contribution in [0.5, 0.6) is 0 Å². The molecule has 0 aliphatic heterocycles. The summed E-state index contributed by atoms with van der Waals surface area (Å²) >= 11 is 0. The van der Waals surface area contributed by atoms with E-state index in [1.807, 2.05) is 0 Å². The lowest BCUT2D eigenvalue weighted by molar-refractivity contribution is -0.177. The van der Waals surface area contributed by atoms with Gasteiger partial charge in [0.25, 0.3) is 0 Å². The zero-order valence-corrected chi connectivity index (χ0v) is 30.2. The summed E-state index contributed by atoms with van der Waals surface area (Å²) in [4.78, 5) is 36.0. The van der Waals surface area contributed by atoms with Crippen LogP contribution >= 0.6 is 7.15 Å². The molecule has 7 nitrogen and oxygen atoms in total. The Hall–Kier alpha value is -0.820. The topological polar surface area (TPSA) is 102 Å². The number of unbranched alkanes of at least 4 members (excludes halogenated alkanes) is 24. The maximum absolute atomic E-state index is 12.4. The maximum Gasteiger partial charge on any atom is 0.337 e. The van der Waals surface area contributed by atoms with Gasteiger partial charge in [-0.15, -0.1) is 0 Å². The number of carbonyl (C=O) groups excluding carboxylic acids is 2. The Balaban J connectivity index is 3.94. The first kappa shape index (κ1) is 43.2. The van der Waals surface area contributed by atoms with E-state index < -0.39 is 13.3 Å². The van der Waals surface area contributed by atoms with Crippen molar-refractivity contribution in [2.45, 2.75) is 200 Å². The first-order valence-electron chi connectivity index (χ1n) is 18.3. The minimum atomic E-state index is -2.43. The lowest BCUT2D eigenvalue weighted by Crippen LogP contribution is -2.29. The van der Waals surface area contributed by atoms with Crippen molar-refractivity contribution in [2.24, 2.45) is 0 Å². The molecule has 0 bridgehead atoms. The lowest BCUT2D eigenvalue weighted by Gasteiger charge is -2.16. The van der Waals surface area contributed by atoms with Crippen molar-refractivity contribution < 1.29 is 32.7 Å². The van der Waals surface area contributed by atoms with Crippen molar-refractivity contribution in [1.29, 1.82) is 0 Å². The van der Waals surface area contributed by atoms with Gasteiger partial charge in [-0.1, -0.05) is 168 Å². The van der Waals surface area contributed by atoms with Crippen LogP contribution in [0.1, 0.15) is 194 Å². The van der Waals surface area contributed by atoms with Gasteiger partial charge in [-0.3, -0.25) is 9.59 Å². The predicted molar refractivity (Wildman–Crippen MR) is 182 cm³/mol. The van der Waals surface area contributed by atoms with E-state index in [2.05, 4.69) is 13.8 Å². The number of esters is 2. The van der Waals surface area contributed by atoms with Crippen molar-refractivity contribution in [2.75, 3.05) is 13.2 Å². The molecule has 0 aromatic carbocycles. The quantitative estimate of drug-likeness (QED) is 0.0384. The molecule has 0 aliphatic rings. The highest BCUT2D eigenvalue weighted by Crippen LogP contribution is 2.16. The Morgan fingerprint density at radius 1 is 0.545 bits per heavy atom.